The lowest BCUT2D eigenvalue weighted by Crippen LogP contribution is -2.41. The Morgan fingerprint density at radius 1 is 1.12 bits per heavy atom. The summed E-state index contributed by atoms with van der Waals surface area (Å²) in [6, 6.07) is 9.18. The first-order valence-corrected chi connectivity index (χ1v) is 9.53. The minimum Gasteiger partial charge on any atom is -0.396 e. The predicted octanol–water partition coefficient (Wildman–Crippen LogP) is 2.02. The van der Waals surface area contributed by atoms with Crippen LogP contribution in [0.15, 0.2) is 35.3 Å². The first kappa shape index (κ1) is 22.0. The van der Waals surface area contributed by atoms with Crippen molar-refractivity contribution in [3.63, 3.8) is 0 Å². The van der Waals surface area contributed by atoms with Crippen LogP contribution in [0.2, 0.25) is 0 Å². The van der Waals surface area contributed by atoms with E-state index in [1.165, 1.54) is 0 Å². The van der Waals surface area contributed by atoms with Crippen molar-refractivity contribution in [2.45, 2.75) is 33.6 Å². The van der Waals surface area contributed by atoms with E-state index in [9.17, 15) is 9.90 Å². The Balaban J connectivity index is 2.42. The molecule has 0 bridgehead atoms. The molecule has 0 aliphatic heterocycles. The van der Waals surface area contributed by atoms with E-state index in [-0.39, 0.29) is 12.5 Å². The molecule has 0 aliphatic carbocycles. The molecule has 0 fully saturated rings. The van der Waals surface area contributed by atoms with Crippen LogP contribution in [0.3, 0.4) is 0 Å². The van der Waals surface area contributed by atoms with Crippen LogP contribution in [-0.4, -0.2) is 49.8 Å². The molecule has 0 saturated carbocycles. The molecule has 6 heteroatoms. The molecule has 0 saturated heterocycles. The van der Waals surface area contributed by atoms with Gasteiger partial charge < -0.3 is 21.1 Å². The lowest BCUT2D eigenvalue weighted by molar-refractivity contribution is 0.0954. The number of aliphatic hydroxyl groups is 1. The molecular weight excluding hydrogens is 328 g/mol. The van der Waals surface area contributed by atoms with E-state index in [1.807, 2.05) is 25.1 Å². The first-order valence-electron chi connectivity index (χ1n) is 9.53. The van der Waals surface area contributed by atoms with Gasteiger partial charge in [0.2, 0.25) is 0 Å². The number of nitrogens with one attached hydrogen (secondary N) is 3. The number of aliphatic imine (C=N–C) groups is 1. The van der Waals surface area contributed by atoms with E-state index < -0.39 is 0 Å². The fourth-order valence-corrected chi connectivity index (χ4v) is 2.74. The molecule has 1 aromatic carbocycles. The molecule has 0 spiro atoms. The largest absolute Gasteiger partial charge is 0.396 e. The monoisotopic (exact) mass is 362 g/mol. The van der Waals surface area contributed by atoms with E-state index >= 15 is 0 Å². The Labute approximate surface area is 157 Å². The lowest BCUT2D eigenvalue weighted by Gasteiger charge is -2.17. The summed E-state index contributed by atoms with van der Waals surface area (Å²) in [4.78, 5) is 16.6. The number of hydrogen-bond acceptors (Lipinski definition) is 3. The Hall–Kier alpha value is -2.08. The van der Waals surface area contributed by atoms with Crippen LogP contribution in [0.25, 0.3) is 0 Å². The molecule has 1 atom stereocenters. The second-order valence-corrected chi connectivity index (χ2v) is 6.78. The molecule has 146 valence electrons. The number of carbonyl (C=O) groups excluding carboxylic acids is 1. The summed E-state index contributed by atoms with van der Waals surface area (Å²) in [6.07, 6.45) is 1.82. The molecule has 1 unspecified atom stereocenters. The zero-order chi connectivity index (χ0) is 19.2. The molecule has 1 aromatic rings. The van der Waals surface area contributed by atoms with Crippen LogP contribution in [0, 0.1) is 11.8 Å². The van der Waals surface area contributed by atoms with Gasteiger partial charge in [0.15, 0.2) is 5.96 Å². The van der Waals surface area contributed by atoms with E-state index in [0.717, 1.165) is 25.3 Å². The van der Waals surface area contributed by atoms with Gasteiger partial charge in [-0.1, -0.05) is 32.0 Å². The number of benzene rings is 1. The van der Waals surface area contributed by atoms with Crippen LogP contribution in [0.1, 0.15) is 44.0 Å². The van der Waals surface area contributed by atoms with Crippen molar-refractivity contribution in [2.24, 2.45) is 16.8 Å². The fourth-order valence-electron chi connectivity index (χ4n) is 2.74. The summed E-state index contributed by atoms with van der Waals surface area (Å²) in [6.45, 7) is 9.17. The van der Waals surface area contributed by atoms with Crippen LogP contribution in [0.4, 0.5) is 0 Å². The molecule has 1 rings (SSSR count). The summed E-state index contributed by atoms with van der Waals surface area (Å²) < 4.78 is 0. The quantitative estimate of drug-likeness (QED) is 0.276. The summed E-state index contributed by atoms with van der Waals surface area (Å²) in [5.74, 6) is 1.64. The number of carbonyl (C=O) groups is 1. The van der Waals surface area contributed by atoms with Crippen molar-refractivity contribution in [1.29, 1.82) is 0 Å². The van der Waals surface area contributed by atoms with Crippen molar-refractivity contribution in [3.8, 4) is 0 Å². The number of amides is 1. The van der Waals surface area contributed by atoms with E-state index in [4.69, 9.17) is 0 Å². The first-order chi connectivity index (χ1) is 12.6. The SMILES string of the molecule is CCNC(=NCC(CCO)CC(C)C)NCCNC(=O)c1ccccc1. The van der Waals surface area contributed by atoms with Gasteiger partial charge in [-0.05, 0) is 43.7 Å². The average Bonchev–Trinajstić information content (AvgIpc) is 2.63. The summed E-state index contributed by atoms with van der Waals surface area (Å²) in [5, 5.41) is 18.6. The van der Waals surface area contributed by atoms with Crippen molar-refractivity contribution in [2.75, 3.05) is 32.8 Å². The van der Waals surface area contributed by atoms with E-state index in [2.05, 4.69) is 34.8 Å². The Morgan fingerprint density at radius 3 is 2.42 bits per heavy atom. The molecular formula is C20H34N4O2. The van der Waals surface area contributed by atoms with Crippen LogP contribution < -0.4 is 16.0 Å². The van der Waals surface area contributed by atoms with Gasteiger partial charge in [-0.2, -0.15) is 0 Å². The number of rotatable bonds is 11. The molecule has 0 radical (unpaired) electrons. The highest BCUT2D eigenvalue weighted by Gasteiger charge is 2.10. The Kier molecular flexibility index (Phi) is 11.1. The van der Waals surface area contributed by atoms with Crippen molar-refractivity contribution in [1.82, 2.24) is 16.0 Å². The van der Waals surface area contributed by atoms with E-state index in [0.29, 0.717) is 37.0 Å². The zero-order valence-corrected chi connectivity index (χ0v) is 16.3. The van der Waals surface area contributed by atoms with Crippen LogP contribution in [-0.2, 0) is 0 Å². The molecule has 26 heavy (non-hydrogen) atoms. The highest BCUT2D eigenvalue weighted by Crippen LogP contribution is 2.15. The summed E-state index contributed by atoms with van der Waals surface area (Å²) in [7, 11) is 0. The maximum absolute atomic E-state index is 12.0. The highest BCUT2D eigenvalue weighted by molar-refractivity contribution is 5.94. The van der Waals surface area contributed by atoms with Gasteiger partial charge in [0, 0.05) is 38.3 Å². The third-order valence-electron chi connectivity index (χ3n) is 3.93. The van der Waals surface area contributed by atoms with Gasteiger partial charge in [0.25, 0.3) is 5.91 Å². The topological polar surface area (TPSA) is 85.8 Å². The van der Waals surface area contributed by atoms with Gasteiger partial charge in [-0.3, -0.25) is 9.79 Å². The molecule has 0 aromatic heterocycles. The van der Waals surface area contributed by atoms with Crippen LogP contribution in [0.5, 0.6) is 0 Å². The summed E-state index contributed by atoms with van der Waals surface area (Å²) >= 11 is 0. The van der Waals surface area contributed by atoms with Gasteiger partial charge in [-0.15, -0.1) is 0 Å². The maximum atomic E-state index is 12.0. The van der Waals surface area contributed by atoms with Gasteiger partial charge in [0.1, 0.15) is 0 Å². The number of aliphatic hydroxyl groups excluding tert-OH is 1. The van der Waals surface area contributed by atoms with Crippen molar-refractivity contribution in [3.05, 3.63) is 35.9 Å². The third kappa shape index (κ3) is 9.42. The average molecular weight is 363 g/mol. The summed E-state index contributed by atoms with van der Waals surface area (Å²) in [5.41, 5.74) is 0.661. The minimum atomic E-state index is -0.0747. The predicted molar refractivity (Wildman–Crippen MR) is 107 cm³/mol. The molecule has 0 heterocycles. The van der Waals surface area contributed by atoms with Gasteiger partial charge in [-0.25, -0.2) is 0 Å². The Bertz CT molecular complexity index is 532. The number of guanidine groups is 1. The smallest absolute Gasteiger partial charge is 0.251 e. The van der Waals surface area contributed by atoms with Crippen molar-refractivity contribution < 1.29 is 9.90 Å². The van der Waals surface area contributed by atoms with Crippen LogP contribution >= 0.6 is 0 Å². The molecule has 1 amide bonds. The third-order valence-corrected chi connectivity index (χ3v) is 3.93. The molecule has 6 nitrogen and oxygen atoms in total. The normalized spacial score (nSPS) is 12.7. The zero-order valence-electron chi connectivity index (χ0n) is 16.3. The minimum absolute atomic E-state index is 0.0747. The molecule has 4 N–H and O–H groups in total. The lowest BCUT2D eigenvalue weighted by atomic mass is 9.94. The Morgan fingerprint density at radius 2 is 1.81 bits per heavy atom. The highest BCUT2D eigenvalue weighted by atomic mass is 16.3. The number of hydrogen-bond donors (Lipinski definition) is 4. The van der Waals surface area contributed by atoms with Crippen molar-refractivity contribution >= 4 is 11.9 Å². The standard InChI is InChI=1S/C20H34N4O2/c1-4-21-20(24-15-17(10-13-25)14-16(2)3)23-12-11-22-19(26)18-8-6-5-7-9-18/h5-9,16-17,25H,4,10-15H2,1-3H3,(H,22,26)(H2,21,23,24). The maximum Gasteiger partial charge on any atom is 0.251 e. The van der Waals surface area contributed by atoms with E-state index in [1.54, 1.807) is 12.1 Å². The second-order valence-electron chi connectivity index (χ2n) is 6.78. The number of nitrogens with zero attached hydrogens (tertiary/aromatic N) is 1. The second kappa shape index (κ2) is 13.2. The fraction of sp³-hybridized carbons (Fsp3) is 0.600. The van der Waals surface area contributed by atoms with Gasteiger partial charge in [0.05, 0.1) is 0 Å². The van der Waals surface area contributed by atoms with Gasteiger partial charge >= 0.3 is 0 Å². The molecule has 0 aliphatic rings.